The number of methoxy groups -OCH3 is 2. The van der Waals surface area contributed by atoms with Gasteiger partial charge < -0.3 is 24.0 Å². The molecular formula is C31H34F2N8O6S2. The number of rotatable bonds is 11. The van der Waals surface area contributed by atoms with Crippen molar-refractivity contribution in [2.45, 2.75) is 37.3 Å². The zero-order valence-corrected chi connectivity index (χ0v) is 28.8. The Morgan fingerprint density at radius 2 is 1.88 bits per heavy atom. The molecule has 260 valence electrons. The van der Waals surface area contributed by atoms with Crippen molar-refractivity contribution in [3.05, 3.63) is 47.2 Å². The van der Waals surface area contributed by atoms with Gasteiger partial charge in [0.1, 0.15) is 16.4 Å². The summed E-state index contributed by atoms with van der Waals surface area (Å²) in [6.45, 7) is 4.75. The van der Waals surface area contributed by atoms with Gasteiger partial charge in [0.25, 0.3) is 6.43 Å². The summed E-state index contributed by atoms with van der Waals surface area (Å²) in [5, 5.41) is 17.4. The number of alkyl halides is 2. The van der Waals surface area contributed by atoms with Gasteiger partial charge in [-0.3, -0.25) is 9.20 Å². The van der Waals surface area contributed by atoms with Crippen LogP contribution in [0.3, 0.4) is 0 Å². The van der Waals surface area contributed by atoms with E-state index < -0.39 is 27.0 Å². The Hall–Kier alpha value is -4.44. The van der Waals surface area contributed by atoms with Gasteiger partial charge >= 0.3 is 0 Å². The van der Waals surface area contributed by atoms with Crippen LogP contribution in [-0.2, 0) is 26.1 Å². The molecule has 14 nitrogen and oxygen atoms in total. The van der Waals surface area contributed by atoms with Crippen molar-refractivity contribution in [3.8, 4) is 28.4 Å². The maximum absolute atomic E-state index is 14.8. The van der Waals surface area contributed by atoms with Crippen molar-refractivity contribution in [2.75, 3.05) is 58.5 Å². The fourth-order valence-corrected chi connectivity index (χ4v) is 8.21. The fraction of sp³-hybridized carbons (Fsp3) is 0.452. The number of hydrogen-bond acceptors (Lipinski definition) is 12. The van der Waals surface area contributed by atoms with Gasteiger partial charge in [0, 0.05) is 56.5 Å². The van der Waals surface area contributed by atoms with Gasteiger partial charge in [-0.25, -0.2) is 22.2 Å². The average Bonchev–Trinajstić information content (AvgIpc) is 3.75. The molecule has 0 spiro atoms. The monoisotopic (exact) mass is 716 g/mol. The second-order valence-electron chi connectivity index (χ2n) is 11.9. The first-order valence-electron chi connectivity index (χ1n) is 15.3. The van der Waals surface area contributed by atoms with Crippen LogP contribution in [0.25, 0.3) is 16.3 Å². The number of halogens is 2. The Bertz CT molecular complexity index is 2020. The molecule has 0 unspecified atom stereocenters. The van der Waals surface area contributed by atoms with Crippen molar-refractivity contribution in [2.24, 2.45) is 5.92 Å². The lowest BCUT2D eigenvalue weighted by molar-refractivity contribution is -0.134. The number of imidazole rings is 1. The number of anilines is 1. The van der Waals surface area contributed by atoms with Gasteiger partial charge in [-0.2, -0.15) is 9.57 Å². The number of carbonyl (C=O) groups excluding carboxylic acids is 1. The van der Waals surface area contributed by atoms with Crippen LogP contribution in [0.4, 0.5) is 14.5 Å². The number of nitriles is 1. The maximum atomic E-state index is 14.8. The topological polar surface area (TPSA) is 155 Å². The van der Waals surface area contributed by atoms with Crippen molar-refractivity contribution >= 4 is 38.5 Å². The molecule has 18 heteroatoms. The number of hydrogen-bond donors (Lipinski definition) is 0. The van der Waals surface area contributed by atoms with E-state index in [1.165, 1.54) is 37.1 Å². The Kier molecular flexibility index (Phi) is 9.46. The van der Waals surface area contributed by atoms with E-state index >= 15 is 0 Å². The minimum atomic E-state index is -4.49. The molecule has 2 aliphatic rings. The third kappa shape index (κ3) is 6.27. The van der Waals surface area contributed by atoms with Crippen molar-refractivity contribution in [3.63, 3.8) is 0 Å². The summed E-state index contributed by atoms with van der Waals surface area (Å²) in [6.07, 6.45) is 0.0257. The van der Waals surface area contributed by atoms with Gasteiger partial charge in [-0.05, 0) is 12.1 Å². The van der Waals surface area contributed by atoms with Crippen LogP contribution < -0.4 is 14.4 Å². The third-order valence-electron chi connectivity index (χ3n) is 8.60. The predicted molar refractivity (Wildman–Crippen MR) is 174 cm³/mol. The standard InChI is InChI=1S/C31H34F2N8O6S2/c1-19(2)30(42)39-9-7-38(8-10-39)23-12-22(15-40-24(23)13-35-27(40)29-37-36-28(48-29)26(32)33)49(43,44)41(31(16-34)17-47-18-31)14-20-5-6-21(45-3)11-25(20)46-4/h5-6,11-13,15,19,26H,7-10,14,17-18H2,1-4H3. The lowest BCUT2D eigenvalue weighted by Crippen LogP contribution is -2.62. The van der Waals surface area contributed by atoms with E-state index in [1.807, 2.05) is 18.7 Å². The van der Waals surface area contributed by atoms with Crippen LogP contribution in [0.1, 0.15) is 30.8 Å². The number of aromatic nitrogens is 4. The molecule has 2 aliphatic heterocycles. The smallest absolute Gasteiger partial charge is 0.291 e. The Morgan fingerprint density at radius 1 is 1.14 bits per heavy atom. The highest BCUT2D eigenvalue weighted by Gasteiger charge is 2.51. The van der Waals surface area contributed by atoms with Gasteiger partial charge in [-0.1, -0.05) is 31.3 Å². The third-order valence-corrected chi connectivity index (χ3v) is 11.4. The largest absolute Gasteiger partial charge is 0.497 e. The van der Waals surface area contributed by atoms with Gasteiger partial charge in [-0.15, -0.1) is 10.2 Å². The van der Waals surface area contributed by atoms with E-state index in [0.717, 1.165) is 4.31 Å². The molecule has 0 radical (unpaired) electrons. The number of carbonyl (C=O) groups is 1. The minimum Gasteiger partial charge on any atom is -0.497 e. The van der Waals surface area contributed by atoms with Crippen LogP contribution in [0.2, 0.25) is 0 Å². The minimum absolute atomic E-state index is 0.0213. The Balaban J connectivity index is 1.49. The summed E-state index contributed by atoms with van der Waals surface area (Å²) in [5.41, 5.74) is -0.0489. The number of ether oxygens (including phenoxy) is 3. The second-order valence-corrected chi connectivity index (χ2v) is 14.8. The highest BCUT2D eigenvalue weighted by atomic mass is 32.2. The highest BCUT2D eigenvalue weighted by molar-refractivity contribution is 7.89. The molecule has 6 rings (SSSR count). The summed E-state index contributed by atoms with van der Waals surface area (Å²) < 4.78 is 75.4. The number of nitrogens with zero attached hydrogens (tertiary/aromatic N) is 8. The number of piperazine rings is 1. The SMILES string of the molecule is COc1ccc(CN(C2(C#N)COC2)S(=O)(=O)c2cc(N3CCN(C(=O)C(C)C)CC3)c3cnc(-c4nnc(C(F)F)s4)n3c2)c(OC)c1. The predicted octanol–water partition coefficient (Wildman–Crippen LogP) is 3.60. The summed E-state index contributed by atoms with van der Waals surface area (Å²) in [4.78, 5) is 20.7. The molecule has 3 aromatic heterocycles. The lowest BCUT2D eigenvalue weighted by Gasteiger charge is -2.43. The lowest BCUT2D eigenvalue weighted by atomic mass is 9.99. The molecule has 2 saturated heterocycles. The molecule has 0 atom stereocenters. The number of pyridine rings is 1. The molecular weight excluding hydrogens is 683 g/mol. The van der Waals surface area contributed by atoms with E-state index in [9.17, 15) is 27.3 Å². The van der Waals surface area contributed by atoms with Crippen LogP contribution in [0, 0.1) is 17.2 Å². The first-order valence-corrected chi connectivity index (χ1v) is 17.6. The van der Waals surface area contributed by atoms with E-state index in [0.29, 0.717) is 65.8 Å². The molecule has 4 aromatic rings. The Labute approximate surface area is 285 Å². The average molecular weight is 717 g/mol. The molecule has 0 N–H and O–H groups in total. The zero-order valence-electron chi connectivity index (χ0n) is 27.2. The Morgan fingerprint density at radius 3 is 2.45 bits per heavy atom. The van der Waals surface area contributed by atoms with Crippen LogP contribution in [0.5, 0.6) is 11.5 Å². The van der Waals surface area contributed by atoms with Crippen LogP contribution >= 0.6 is 11.3 Å². The molecule has 0 aliphatic carbocycles. The molecule has 0 saturated carbocycles. The number of amides is 1. The quantitative estimate of drug-likeness (QED) is 0.224. The van der Waals surface area contributed by atoms with Gasteiger partial charge in [0.15, 0.2) is 21.4 Å². The van der Waals surface area contributed by atoms with Crippen LogP contribution in [-0.4, -0.2) is 102 Å². The first-order chi connectivity index (χ1) is 23.4. The van der Waals surface area contributed by atoms with E-state index in [4.69, 9.17) is 14.2 Å². The summed E-state index contributed by atoms with van der Waals surface area (Å²) in [7, 11) is -1.54. The van der Waals surface area contributed by atoms with E-state index in [-0.39, 0.29) is 47.3 Å². The fourth-order valence-electron chi connectivity index (χ4n) is 5.84. The summed E-state index contributed by atoms with van der Waals surface area (Å²) >= 11 is 0.653. The highest BCUT2D eigenvalue weighted by Crippen LogP contribution is 2.38. The van der Waals surface area contributed by atoms with E-state index in [2.05, 4.69) is 21.3 Å². The number of sulfonamides is 1. The van der Waals surface area contributed by atoms with Crippen molar-refractivity contribution < 1.29 is 36.2 Å². The first kappa shape index (κ1) is 34.4. The zero-order chi connectivity index (χ0) is 35.1. The van der Waals surface area contributed by atoms with Crippen molar-refractivity contribution in [1.82, 2.24) is 28.8 Å². The summed E-state index contributed by atoms with van der Waals surface area (Å²) in [5.74, 6) is 0.833. The van der Waals surface area contributed by atoms with Crippen molar-refractivity contribution in [1.29, 1.82) is 5.26 Å². The summed E-state index contributed by atoms with van der Waals surface area (Å²) in [6, 6.07) is 8.63. The molecule has 5 heterocycles. The second kappa shape index (κ2) is 13.5. The van der Waals surface area contributed by atoms with Gasteiger partial charge in [0.05, 0.1) is 50.9 Å². The molecule has 1 amide bonds. The van der Waals surface area contributed by atoms with Gasteiger partial charge in [0.2, 0.25) is 15.9 Å². The molecule has 0 bridgehead atoms. The number of benzene rings is 1. The van der Waals surface area contributed by atoms with Crippen LogP contribution in [0.15, 0.2) is 41.6 Å². The molecule has 2 fully saturated rings. The normalized spacial score (nSPS) is 16.3. The maximum Gasteiger partial charge on any atom is 0.291 e. The molecule has 49 heavy (non-hydrogen) atoms. The number of fused-ring (bicyclic) bond motifs is 1. The van der Waals surface area contributed by atoms with E-state index in [1.54, 1.807) is 23.1 Å². The molecule has 1 aromatic carbocycles.